The number of anilines is 1. The Hall–Kier alpha value is -2.10. The van der Waals surface area contributed by atoms with E-state index in [1.54, 1.807) is 4.90 Å². The van der Waals surface area contributed by atoms with Crippen molar-refractivity contribution in [1.82, 2.24) is 4.31 Å². The SMILES string of the molecule is O=C1N(c2ccc(C3CC3)cc2)CCC12CCN(S(=O)(=O)c1ccc(C(F)(F)F)cc1Cl)CC2. The van der Waals surface area contributed by atoms with Gasteiger partial charge in [-0.25, -0.2) is 8.42 Å². The molecule has 10 heteroatoms. The molecule has 3 fully saturated rings. The summed E-state index contributed by atoms with van der Waals surface area (Å²) in [6, 6.07) is 10.4. The van der Waals surface area contributed by atoms with Crippen LogP contribution in [0.25, 0.3) is 0 Å². The number of alkyl halides is 3. The van der Waals surface area contributed by atoms with Crippen LogP contribution in [0.15, 0.2) is 47.4 Å². The molecule has 0 N–H and O–H groups in total. The third-order valence-corrected chi connectivity index (χ3v) is 9.70. The van der Waals surface area contributed by atoms with Crippen molar-refractivity contribution in [3.63, 3.8) is 0 Å². The van der Waals surface area contributed by atoms with E-state index in [0.29, 0.717) is 37.8 Å². The van der Waals surface area contributed by atoms with Gasteiger partial charge in [0.15, 0.2) is 0 Å². The molecule has 0 bridgehead atoms. The molecule has 1 spiro atoms. The molecule has 5 rings (SSSR count). The fourth-order valence-electron chi connectivity index (χ4n) is 5.05. The number of carbonyl (C=O) groups excluding carboxylic acids is 1. The first-order valence-electron chi connectivity index (χ1n) is 11.3. The van der Waals surface area contributed by atoms with Gasteiger partial charge in [-0.05, 0) is 73.9 Å². The Bertz CT molecular complexity index is 1220. The van der Waals surface area contributed by atoms with Crippen molar-refractivity contribution in [2.75, 3.05) is 24.5 Å². The monoisotopic (exact) mass is 512 g/mol. The van der Waals surface area contributed by atoms with Crippen molar-refractivity contribution < 1.29 is 26.4 Å². The lowest BCUT2D eigenvalue weighted by Gasteiger charge is -2.37. The van der Waals surface area contributed by atoms with E-state index in [4.69, 9.17) is 11.6 Å². The number of sulfonamides is 1. The van der Waals surface area contributed by atoms with Crippen LogP contribution in [0.2, 0.25) is 5.02 Å². The summed E-state index contributed by atoms with van der Waals surface area (Å²) in [4.78, 5) is 14.8. The Morgan fingerprint density at radius 2 is 1.56 bits per heavy atom. The van der Waals surface area contributed by atoms with Crippen LogP contribution in [0.3, 0.4) is 0 Å². The van der Waals surface area contributed by atoms with E-state index >= 15 is 0 Å². The molecule has 2 aliphatic heterocycles. The van der Waals surface area contributed by atoms with E-state index in [-0.39, 0.29) is 23.9 Å². The zero-order chi connectivity index (χ0) is 24.3. The van der Waals surface area contributed by atoms with Crippen molar-refractivity contribution in [2.45, 2.75) is 49.1 Å². The topological polar surface area (TPSA) is 57.7 Å². The minimum absolute atomic E-state index is 0.0104. The first-order valence-corrected chi connectivity index (χ1v) is 13.1. The van der Waals surface area contributed by atoms with E-state index in [2.05, 4.69) is 12.1 Å². The molecule has 0 radical (unpaired) electrons. The maximum absolute atomic E-state index is 13.4. The third-order valence-electron chi connectivity index (χ3n) is 7.32. The van der Waals surface area contributed by atoms with Crippen molar-refractivity contribution in [2.24, 2.45) is 5.41 Å². The lowest BCUT2D eigenvalue weighted by Crippen LogP contribution is -2.46. The Morgan fingerprint density at radius 3 is 2.12 bits per heavy atom. The van der Waals surface area contributed by atoms with Gasteiger partial charge in [-0.2, -0.15) is 17.5 Å². The fourth-order valence-corrected chi connectivity index (χ4v) is 7.01. The molecule has 0 atom stereocenters. The first kappa shape index (κ1) is 23.6. The molecule has 2 heterocycles. The summed E-state index contributed by atoms with van der Waals surface area (Å²) in [5.41, 5.74) is 0.532. The molecule has 3 aliphatic rings. The number of nitrogens with zero attached hydrogens (tertiary/aromatic N) is 2. The number of halogens is 4. The molecule has 34 heavy (non-hydrogen) atoms. The van der Waals surface area contributed by atoms with Crippen LogP contribution in [0.4, 0.5) is 18.9 Å². The Kier molecular flexibility index (Phi) is 5.73. The molecule has 5 nitrogen and oxygen atoms in total. The summed E-state index contributed by atoms with van der Waals surface area (Å²) in [6.45, 7) is 0.804. The van der Waals surface area contributed by atoms with E-state index in [1.165, 1.54) is 22.7 Å². The van der Waals surface area contributed by atoms with Crippen LogP contribution in [0, 0.1) is 5.41 Å². The summed E-state index contributed by atoms with van der Waals surface area (Å²) >= 11 is 5.94. The maximum Gasteiger partial charge on any atom is 0.416 e. The minimum atomic E-state index is -4.61. The average molecular weight is 513 g/mol. The molecule has 0 unspecified atom stereocenters. The van der Waals surface area contributed by atoms with Crippen LogP contribution >= 0.6 is 11.6 Å². The number of carbonyl (C=O) groups is 1. The van der Waals surface area contributed by atoms with Crippen molar-refractivity contribution >= 4 is 33.2 Å². The van der Waals surface area contributed by atoms with Crippen molar-refractivity contribution in [3.8, 4) is 0 Å². The highest BCUT2D eigenvalue weighted by Gasteiger charge is 2.50. The quantitative estimate of drug-likeness (QED) is 0.548. The van der Waals surface area contributed by atoms with Gasteiger partial charge in [0.05, 0.1) is 16.0 Å². The predicted octanol–water partition coefficient (Wildman–Crippen LogP) is 5.44. The van der Waals surface area contributed by atoms with Crippen LogP contribution in [-0.2, 0) is 21.0 Å². The summed E-state index contributed by atoms with van der Waals surface area (Å²) in [5.74, 6) is 0.649. The van der Waals surface area contributed by atoms with Gasteiger partial charge in [0.2, 0.25) is 15.9 Å². The number of amides is 1. The summed E-state index contributed by atoms with van der Waals surface area (Å²) in [6.07, 6.45) is -0.828. The van der Waals surface area contributed by atoms with Crippen LogP contribution in [0.5, 0.6) is 0 Å². The molecular formula is C24H24ClF3N2O3S. The van der Waals surface area contributed by atoms with Gasteiger partial charge in [-0.3, -0.25) is 4.79 Å². The Labute approximate surface area is 201 Å². The molecule has 1 saturated carbocycles. The van der Waals surface area contributed by atoms with Crippen molar-refractivity contribution in [1.29, 1.82) is 0 Å². The second kappa shape index (κ2) is 8.24. The van der Waals surface area contributed by atoms with Gasteiger partial charge in [-0.1, -0.05) is 23.7 Å². The summed E-state index contributed by atoms with van der Waals surface area (Å²) in [5, 5.41) is -0.465. The van der Waals surface area contributed by atoms with Gasteiger partial charge < -0.3 is 4.90 Å². The Morgan fingerprint density at radius 1 is 0.941 bits per heavy atom. The second-order valence-electron chi connectivity index (χ2n) is 9.40. The van der Waals surface area contributed by atoms with Gasteiger partial charge >= 0.3 is 6.18 Å². The predicted molar refractivity (Wildman–Crippen MR) is 122 cm³/mol. The fraction of sp³-hybridized carbons (Fsp3) is 0.458. The lowest BCUT2D eigenvalue weighted by atomic mass is 9.77. The third kappa shape index (κ3) is 4.12. The molecule has 0 aromatic heterocycles. The smallest absolute Gasteiger partial charge is 0.312 e. The van der Waals surface area contributed by atoms with Crippen LogP contribution < -0.4 is 4.90 Å². The van der Waals surface area contributed by atoms with Crippen LogP contribution in [-0.4, -0.2) is 38.3 Å². The molecule has 1 aliphatic carbocycles. The first-order chi connectivity index (χ1) is 16.0. The van der Waals surface area contributed by atoms with Gasteiger partial charge in [0.25, 0.3) is 0 Å². The number of hydrogen-bond acceptors (Lipinski definition) is 3. The molecule has 182 valence electrons. The molecule has 1 amide bonds. The van der Waals surface area contributed by atoms with E-state index < -0.39 is 32.2 Å². The molecular weight excluding hydrogens is 489 g/mol. The summed E-state index contributed by atoms with van der Waals surface area (Å²) < 4.78 is 66.2. The van der Waals surface area contributed by atoms with Crippen LogP contribution in [0.1, 0.15) is 49.1 Å². The molecule has 2 aromatic rings. The minimum Gasteiger partial charge on any atom is -0.312 e. The van der Waals surface area contributed by atoms with Crippen molar-refractivity contribution in [3.05, 3.63) is 58.6 Å². The Balaban J connectivity index is 1.29. The molecule has 2 aromatic carbocycles. The molecule has 2 saturated heterocycles. The number of hydrogen-bond donors (Lipinski definition) is 0. The number of benzene rings is 2. The number of rotatable bonds is 4. The second-order valence-corrected chi connectivity index (χ2v) is 11.7. The highest BCUT2D eigenvalue weighted by atomic mass is 35.5. The van der Waals surface area contributed by atoms with Gasteiger partial charge in [0, 0.05) is 25.3 Å². The van der Waals surface area contributed by atoms with E-state index in [9.17, 15) is 26.4 Å². The largest absolute Gasteiger partial charge is 0.416 e. The average Bonchev–Trinajstić information content (AvgIpc) is 3.60. The normalized spacial score (nSPS) is 21.4. The maximum atomic E-state index is 13.4. The van der Waals surface area contributed by atoms with E-state index in [0.717, 1.165) is 17.8 Å². The van der Waals surface area contributed by atoms with Gasteiger partial charge in [0.1, 0.15) is 4.90 Å². The highest BCUT2D eigenvalue weighted by Crippen LogP contribution is 2.45. The number of piperidine rings is 1. The zero-order valence-electron chi connectivity index (χ0n) is 18.3. The highest BCUT2D eigenvalue weighted by molar-refractivity contribution is 7.89. The standard InChI is InChI=1S/C24H24ClF3N2O3S/c25-20-15-18(24(26,27)28)5-8-21(20)34(32,33)29-12-9-23(10-13-29)11-14-30(22(23)31)19-6-3-17(4-7-19)16-1-2-16/h3-8,15-16H,1-2,9-14H2. The lowest BCUT2D eigenvalue weighted by molar-refractivity contribution is -0.137. The zero-order valence-corrected chi connectivity index (χ0v) is 19.9. The summed E-state index contributed by atoms with van der Waals surface area (Å²) in [7, 11) is -4.08. The van der Waals surface area contributed by atoms with E-state index in [1.807, 2.05) is 12.1 Å². The van der Waals surface area contributed by atoms with Gasteiger partial charge in [-0.15, -0.1) is 0 Å².